The van der Waals surface area contributed by atoms with Crippen molar-refractivity contribution in [2.75, 3.05) is 6.54 Å². The van der Waals surface area contributed by atoms with Crippen LogP contribution in [-0.4, -0.2) is 12.6 Å². The van der Waals surface area contributed by atoms with Gasteiger partial charge in [-0.15, -0.1) is 0 Å². The second-order valence-corrected chi connectivity index (χ2v) is 4.84. The second-order valence-electron chi connectivity index (χ2n) is 4.84. The lowest BCUT2D eigenvalue weighted by molar-refractivity contribution is 0.500. The van der Waals surface area contributed by atoms with E-state index >= 15 is 0 Å². The van der Waals surface area contributed by atoms with Gasteiger partial charge in [0, 0.05) is 6.04 Å². The molecule has 0 radical (unpaired) electrons. The highest BCUT2D eigenvalue weighted by Crippen LogP contribution is 2.15. The lowest BCUT2D eigenvalue weighted by atomic mass is 10.0. The Morgan fingerprint density at radius 1 is 1.33 bits per heavy atom. The van der Waals surface area contributed by atoms with Crippen LogP contribution in [-0.2, 0) is 6.42 Å². The van der Waals surface area contributed by atoms with Crippen LogP contribution in [0.5, 0.6) is 0 Å². The molecular weight excluding hydrogens is 232 g/mol. The minimum absolute atomic E-state index is 0.417. The maximum atomic E-state index is 13.4. The summed E-state index contributed by atoms with van der Waals surface area (Å²) in [4.78, 5) is 0. The average Bonchev–Trinajstić information content (AvgIpc) is 2.30. The van der Waals surface area contributed by atoms with Gasteiger partial charge in [0.2, 0.25) is 0 Å². The van der Waals surface area contributed by atoms with Crippen LogP contribution in [0.4, 0.5) is 8.78 Å². The quantitative estimate of drug-likeness (QED) is 0.600. The Kier molecular flexibility index (Phi) is 5.99. The Balaban J connectivity index is 2.51. The van der Waals surface area contributed by atoms with Gasteiger partial charge in [0.1, 0.15) is 0 Å². The van der Waals surface area contributed by atoms with E-state index in [0.29, 0.717) is 18.0 Å². The molecule has 100 valence electrons. The molecule has 0 aliphatic rings. The Labute approximate surface area is 108 Å². The van der Waals surface area contributed by atoms with Crippen molar-refractivity contribution in [3.8, 4) is 0 Å². The topological polar surface area (TPSA) is 12.0 Å². The van der Waals surface area contributed by atoms with E-state index in [1.54, 1.807) is 12.1 Å². The number of halogens is 2. The summed E-state index contributed by atoms with van der Waals surface area (Å²) < 4.78 is 26.5. The van der Waals surface area contributed by atoms with Gasteiger partial charge in [-0.3, -0.25) is 0 Å². The standard InChI is InChI=1S/C15H21F2N/c1-11(2)18-9-5-6-12(3)10-13-7-4-8-14(16)15(13)17/h4,6-8,11,18H,5,9-10H2,1-3H3. The summed E-state index contributed by atoms with van der Waals surface area (Å²) in [6.45, 7) is 7.04. The van der Waals surface area contributed by atoms with E-state index < -0.39 is 11.6 Å². The summed E-state index contributed by atoms with van der Waals surface area (Å²) in [5.74, 6) is -1.51. The van der Waals surface area contributed by atoms with Crippen LogP contribution in [0.1, 0.15) is 32.8 Å². The van der Waals surface area contributed by atoms with Crippen LogP contribution in [0.2, 0.25) is 0 Å². The van der Waals surface area contributed by atoms with Crippen molar-refractivity contribution in [2.45, 2.75) is 39.7 Å². The minimum Gasteiger partial charge on any atom is -0.314 e. The van der Waals surface area contributed by atoms with Crippen LogP contribution >= 0.6 is 0 Å². The van der Waals surface area contributed by atoms with Crippen molar-refractivity contribution < 1.29 is 8.78 Å². The Morgan fingerprint density at radius 3 is 2.72 bits per heavy atom. The molecule has 1 N–H and O–H groups in total. The molecule has 0 bridgehead atoms. The summed E-state index contributed by atoms with van der Waals surface area (Å²) in [7, 11) is 0. The molecule has 0 heterocycles. The second kappa shape index (κ2) is 7.27. The van der Waals surface area contributed by atoms with Crippen molar-refractivity contribution in [3.05, 3.63) is 47.0 Å². The molecule has 0 spiro atoms. The molecule has 3 heteroatoms. The van der Waals surface area contributed by atoms with Gasteiger partial charge in [0.05, 0.1) is 0 Å². The van der Waals surface area contributed by atoms with Crippen LogP contribution in [0, 0.1) is 11.6 Å². The molecule has 0 saturated carbocycles. The van der Waals surface area contributed by atoms with E-state index in [1.807, 2.05) is 6.92 Å². The monoisotopic (exact) mass is 253 g/mol. The third kappa shape index (κ3) is 4.96. The molecular formula is C15H21F2N. The SMILES string of the molecule is CC(=CCCNC(C)C)Cc1cccc(F)c1F. The Bertz CT molecular complexity index is 411. The zero-order valence-corrected chi connectivity index (χ0v) is 11.3. The summed E-state index contributed by atoms with van der Waals surface area (Å²) >= 11 is 0. The fraction of sp³-hybridized carbons (Fsp3) is 0.467. The van der Waals surface area contributed by atoms with E-state index in [9.17, 15) is 8.78 Å². The summed E-state index contributed by atoms with van der Waals surface area (Å²) in [5, 5.41) is 3.31. The Hall–Kier alpha value is -1.22. The van der Waals surface area contributed by atoms with Gasteiger partial charge in [0.25, 0.3) is 0 Å². The molecule has 0 unspecified atom stereocenters. The molecule has 1 aromatic rings. The van der Waals surface area contributed by atoms with Crippen molar-refractivity contribution in [3.63, 3.8) is 0 Å². The predicted molar refractivity (Wildman–Crippen MR) is 71.6 cm³/mol. The van der Waals surface area contributed by atoms with Gasteiger partial charge in [0.15, 0.2) is 11.6 Å². The van der Waals surface area contributed by atoms with E-state index in [2.05, 4.69) is 25.2 Å². The van der Waals surface area contributed by atoms with Crippen LogP contribution in [0.25, 0.3) is 0 Å². The normalized spacial score (nSPS) is 12.2. The number of benzene rings is 1. The molecule has 0 aliphatic heterocycles. The maximum Gasteiger partial charge on any atom is 0.162 e. The number of nitrogens with one attached hydrogen (secondary N) is 1. The molecule has 1 rings (SSSR count). The highest BCUT2D eigenvalue weighted by molar-refractivity contribution is 5.23. The van der Waals surface area contributed by atoms with Crippen LogP contribution in [0.3, 0.4) is 0 Å². The lowest BCUT2D eigenvalue weighted by Crippen LogP contribution is -2.23. The maximum absolute atomic E-state index is 13.4. The van der Waals surface area contributed by atoms with E-state index in [1.165, 1.54) is 0 Å². The molecule has 1 aromatic carbocycles. The third-order valence-corrected chi connectivity index (χ3v) is 2.69. The fourth-order valence-electron chi connectivity index (χ4n) is 1.75. The van der Waals surface area contributed by atoms with E-state index in [-0.39, 0.29) is 0 Å². The number of hydrogen-bond donors (Lipinski definition) is 1. The average molecular weight is 253 g/mol. The summed E-state index contributed by atoms with van der Waals surface area (Å²) in [5.41, 5.74) is 1.48. The van der Waals surface area contributed by atoms with Gasteiger partial charge in [-0.25, -0.2) is 8.78 Å². The number of hydrogen-bond acceptors (Lipinski definition) is 1. The van der Waals surface area contributed by atoms with Gasteiger partial charge in [-0.2, -0.15) is 0 Å². The van der Waals surface area contributed by atoms with Crippen molar-refractivity contribution in [2.24, 2.45) is 0 Å². The van der Waals surface area contributed by atoms with Gasteiger partial charge in [-0.05, 0) is 37.9 Å². The minimum atomic E-state index is -0.776. The van der Waals surface area contributed by atoms with Crippen molar-refractivity contribution >= 4 is 0 Å². The molecule has 18 heavy (non-hydrogen) atoms. The van der Waals surface area contributed by atoms with Crippen molar-refractivity contribution in [1.29, 1.82) is 0 Å². The summed E-state index contributed by atoms with van der Waals surface area (Å²) in [6, 6.07) is 4.79. The number of rotatable bonds is 6. The first-order valence-corrected chi connectivity index (χ1v) is 6.32. The first kappa shape index (κ1) is 14.8. The van der Waals surface area contributed by atoms with Crippen LogP contribution in [0.15, 0.2) is 29.8 Å². The van der Waals surface area contributed by atoms with E-state index in [0.717, 1.165) is 24.6 Å². The largest absolute Gasteiger partial charge is 0.314 e. The summed E-state index contributed by atoms with van der Waals surface area (Å²) in [6.07, 6.45) is 3.44. The fourth-order valence-corrected chi connectivity index (χ4v) is 1.75. The molecule has 0 saturated heterocycles. The van der Waals surface area contributed by atoms with E-state index in [4.69, 9.17) is 0 Å². The van der Waals surface area contributed by atoms with Crippen LogP contribution < -0.4 is 5.32 Å². The first-order valence-electron chi connectivity index (χ1n) is 6.32. The molecule has 0 amide bonds. The zero-order valence-electron chi connectivity index (χ0n) is 11.3. The lowest BCUT2D eigenvalue weighted by Gasteiger charge is -2.07. The predicted octanol–water partition coefficient (Wildman–Crippen LogP) is 3.84. The van der Waals surface area contributed by atoms with Crippen molar-refractivity contribution in [1.82, 2.24) is 5.32 Å². The van der Waals surface area contributed by atoms with Gasteiger partial charge < -0.3 is 5.32 Å². The van der Waals surface area contributed by atoms with Gasteiger partial charge in [-0.1, -0.05) is 37.6 Å². The zero-order chi connectivity index (χ0) is 13.5. The smallest absolute Gasteiger partial charge is 0.162 e. The Morgan fingerprint density at radius 2 is 2.06 bits per heavy atom. The molecule has 1 nitrogen and oxygen atoms in total. The highest BCUT2D eigenvalue weighted by Gasteiger charge is 2.07. The molecule has 0 aliphatic carbocycles. The first-order chi connectivity index (χ1) is 8.50. The molecule has 0 fully saturated rings. The van der Waals surface area contributed by atoms with Gasteiger partial charge >= 0.3 is 0 Å². The molecule has 0 atom stereocenters. The number of allylic oxidation sites excluding steroid dienone is 1. The molecule has 0 aromatic heterocycles. The third-order valence-electron chi connectivity index (χ3n) is 2.69. The highest BCUT2D eigenvalue weighted by atomic mass is 19.2.